The zero-order chi connectivity index (χ0) is 9.52. The summed E-state index contributed by atoms with van der Waals surface area (Å²) in [5.41, 5.74) is 6.47. The van der Waals surface area contributed by atoms with Gasteiger partial charge in [0.05, 0.1) is 13.2 Å². The van der Waals surface area contributed by atoms with Gasteiger partial charge in [-0.25, -0.2) is 5.53 Å². The van der Waals surface area contributed by atoms with Crippen LogP contribution in [-0.2, 0) is 9.53 Å². The van der Waals surface area contributed by atoms with Gasteiger partial charge >= 0.3 is 0 Å². The van der Waals surface area contributed by atoms with Gasteiger partial charge < -0.3 is 4.74 Å². The van der Waals surface area contributed by atoms with Crippen molar-refractivity contribution in [2.75, 3.05) is 32.8 Å². The molecule has 0 aliphatic carbocycles. The lowest BCUT2D eigenvalue weighted by Crippen LogP contribution is -2.36. The molecule has 5 heteroatoms. The third-order valence-corrected chi connectivity index (χ3v) is 2.09. The minimum Gasteiger partial charge on any atom is -0.379 e. The van der Waals surface area contributed by atoms with E-state index in [2.05, 4.69) is 10.0 Å². The highest BCUT2D eigenvalue weighted by molar-refractivity contribution is 5.75. The molecule has 0 aromatic heterocycles. The molecule has 0 aromatic carbocycles. The van der Waals surface area contributed by atoms with Crippen LogP contribution in [0.5, 0.6) is 0 Å². The number of nitrogens with one attached hydrogen (secondary N) is 1. The van der Waals surface area contributed by atoms with Crippen molar-refractivity contribution in [3.8, 4) is 0 Å². The van der Waals surface area contributed by atoms with Crippen molar-refractivity contribution in [1.82, 2.24) is 4.90 Å². The van der Waals surface area contributed by atoms with E-state index in [0.29, 0.717) is 6.42 Å². The van der Waals surface area contributed by atoms with E-state index in [0.717, 1.165) is 39.3 Å². The Morgan fingerprint density at radius 2 is 2.15 bits per heavy atom. The minimum absolute atomic E-state index is 0.326. The van der Waals surface area contributed by atoms with Gasteiger partial charge in [0.1, 0.15) is 0 Å². The van der Waals surface area contributed by atoms with E-state index < -0.39 is 0 Å². The number of ether oxygens (including phenoxy) is 1. The normalized spacial score (nSPS) is 18.5. The molecule has 1 N–H and O–H groups in total. The Kier molecular flexibility index (Phi) is 4.56. The summed E-state index contributed by atoms with van der Waals surface area (Å²) < 4.78 is 5.19. The fraction of sp³-hybridized carbons (Fsp3) is 0.875. The molecule has 0 atom stereocenters. The van der Waals surface area contributed by atoms with E-state index in [1.54, 1.807) is 0 Å². The number of nitrogens with zero attached hydrogens (tertiary/aromatic N) is 2. The Labute approximate surface area is 77.6 Å². The maximum absolute atomic E-state index is 10.7. The maximum atomic E-state index is 10.7. The molecule has 0 aromatic rings. The van der Waals surface area contributed by atoms with Gasteiger partial charge in [-0.3, -0.25) is 9.69 Å². The molecule has 0 unspecified atom stereocenters. The SMILES string of the molecule is N=NC(=O)CCCN1CCOCC1. The number of morpholine rings is 1. The molecule has 5 nitrogen and oxygen atoms in total. The highest BCUT2D eigenvalue weighted by Gasteiger charge is 2.09. The predicted molar refractivity (Wildman–Crippen MR) is 46.6 cm³/mol. The molecule has 0 spiro atoms. The van der Waals surface area contributed by atoms with Crippen LogP contribution in [0.3, 0.4) is 0 Å². The summed E-state index contributed by atoms with van der Waals surface area (Å²) in [6, 6.07) is 0. The van der Waals surface area contributed by atoms with Crippen LogP contribution in [0.4, 0.5) is 0 Å². The van der Waals surface area contributed by atoms with Crippen molar-refractivity contribution < 1.29 is 9.53 Å². The second kappa shape index (κ2) is 5.77. The number of hydrogen-bond acceptors (Lipinski definition) is 4. The zero-order valence-corrected chi connectivity index (χ0v) is 7.66. The molecular formula is C8H15N3O2. The smallest absolute Gasteiger partial charge is 0.264 e. The second-order valence-electron chi connectivity index (χ2n) is 3.06. The number of rotatable bonds is 4. The van der Waals surface area contributed by atoms with Gasteiger partial charge in [-0.15, -0.1) is 5.11 Å². The minimum atomic E-state index is -0.326. The van der Waals surface area contributed by atoms with Crippen molar-refractivity contribution in [3.05, 3.63) is 0 Å². The second-order valence-corrected chi connectivity index (χ2v) is 3.06. The van der Waals surface area contributed by atoms with Gasteiger partial charge in [0.25, 0.3) is 5.91 Å². The molecule has 74 valence electrons. The van der Waals surface area contributed by atoms with Crippen LogP contribution in [0.1, 0.15) is 12.8 Å². The van der Waals surface area contributed by atoms with Gasteiger partial charge in [-0.2, -0.15) is 0 Å². The summed E-state index contributed by atoms with van der Waals surface area (Å²) in [7, 11) is 0. The van der Waals surface area contributed by atoms with Gasteiger partial charge in [-0.05, 0) is 13.0 Å². The molecule has 0 saturated carbocycles. The molecule has 1 aliphatic heterocycles. The van der Waals surface area contributed by atoms with Crippen molar-refractivity contribution in [2.24, 2.45) is 5.11 Å². The molecule has 1 saturated heterocycles. The Hall–Kier alpha value is -0.810. The quantitative estimate of drug-likeness (QED) is 0.654. The first-order chi connectivity index (χ1) is 6.33. The van der Waals surface area contributed by atoms with E-state index in [9.17, 15) is 4.79 Å². The lowest BCUT2D eigenvalue weighted by Gasteiger charge is -2.26. The van der Waals surface area contributed by atoms with Gasteiger partial charge in [0.2, 0.25) is 0 Å². The molecule has 13 heavy (non-hydrogen) atoms. The van der Waals surface area contributed by atoms with Crippen LogP contribution in [0.25, 0.3) is 0 Å². The summed E-state index contributed by atoms with van der Waals surface area (Å²) in [6.07, 6.45) is 1.18. The Morgan fingerprint density at radius 3 is 2.77 bits per heavy atom. The van der Waals surface area contributed by atoms with Crippen LogP contribution in [0.15, 0.2) is 5.11 Å². The fourth-order valence-electron chi connectivity index (χ4n) is 1.33. The Balaban J connectivity index is 2.04. The zero-order valence-electron chi connectivity index (χ0n) is 7.66. The predicted octanol–water partition coefficient (Wildman–Crippen LogP) is 0.656. The molecule has 1 rings (SSSR count). The molecule has 0 radical (unpaired) electrons. The van der Waals surface area contributed by atoms with E-state index in [-0.39, 0.29) is 5.91 Å². The van der Waals surface area contributed by atoms with E-state index in [1.807, 2.05) is 0 Å². The standard InChI is InChI=1S/C8H15N3O2/c9-10-8(12)2-1-3-11-4-6-13-7-5-11/h9H,1-7H2. The summed E-state index contributed by atoms with van der Waals surface area (Å²) >= 11 is 0. The van der Waals surface area contributed by atoms with Crippen LogP contribution >= 0.6 is 0 Å². The lowest BCUT2D eigenvalue weighted by atomic mass is 10.2. The largest absolute Gasteiger partial charge is 0.379 e. The highest BCUT2D eigenvalue weighted by Crippen LogP contribution is 2.00. The van der Waals surface area contributed by atoms with Crippen LogP contribution in [0.2, 0.25) is 0 Å². The van der Waals surface area contributed by atoms with Gasteiger partial charge in [0.15, 0.2) is 0 Å². The third-order valence-electron chi connectivity index (χ3n) is 2.09. The number of carbonyl (C=O) groups is 1. The number of amides is 1. The van der Waals surface area contributed by atoms with Crippen LogP contribution < -0.4 is 0 Å². The first kappa shape index (κ1) is 10.3. The monoisotopic (exact) mass is 185 g/mol. The molecule has 1 heterocycles. The first-order valence-corrected chi connectivity index (χ1v) is 4.53. The molecule has 1 amide bonds. The van der Waals surface area contributed by atoms with E-state index >= 15 is 0 Å². The molecule has 1 fully saturated rings. The summed E-state index contributed by atoms with van der Waals surface area (Å²) in [5, 5.41) is 2.84. The van der Waals surface area contributed by atoms with E-state index in [1.165, 1.54) is 0 Å². The van der Waals surface area contributed by atoms with Crippen molar-refractivity contribution in [2.45, 2.75) is 12.8 Å². The summed E-state index contributed by atoms with van der Waals surface area (Å²) in [5.74, 6) is -0.326. The Morgan fingerprint density at radius 1 is 1.46 bits per heavy atom. The fourth-order valence-corrected chi connectivity index (χ4v) is 1.33. The summed E-state index contributed by atoms with van der Waals surface area (Å²) in [6.45, 7) is 4.39. The Bertz CT molecular complexity index is 178. The van der Waals surface area contributed by atoms with E-state index in [4.69, 9.17) is 10.3 Å². The van der Waals surface area contributed by atoms with Crippen LogP contribution in [0, 0.1) is 5.53 Å². The first-order valence-electron chi connectivity index (χ1n) is 4.53. The average Bonchev–Trinajstić information content (AvgIpc) is 2.19. The average molecular weight is 185 g/mol. The summed E-state index contributed by atoms with van der Waals surface area (Å²) in [4.78, 5) is 12.9. The number of hydrogen-bond donors (Lipinski definition) is 1. The topological polar surface area (TPSA) is 65.8 Å². The van der Waals surface area contributed by atoms with Crippen molar-refractivity contribution in [3.63, 3.8) is 0 Å². The van der Waals surface area contributed by atoms with Crippen LogP contribution in [-0.4, -0.2) is 43.7 Å². The maximum Gasteiger partial charge on any atom is 0.264 e. The van der Waals surface area contributed by atoms with Gasteiger partial charge in [-0.1, -0.05) is 0 Å². The lowest BCUT2D eigenvalue weighted by molar-refractivity contribution is -0.118. The number of carbonyl (C=O) groups excluding carboxylic acids is 1. The molecule has 0 bridgehead atoms. The highest BCUT2D eigenvalue weighted by atomic mass is 16.5. The van der Waals surface area contributed by atoms with Crippen molar-refractivity contribution >= 4 is 5.91 Å². The molecular weight excluding hydrogens is 170 g/mol. The third kappa shape index (κ3) is 4.10. The van der Waals surface area contributed by atoms with Crippen molar-refractivity contribution in [1.29, 1.82) is 5.53 Å². The molecule has 1 aliphatic rings. The van der Waals surface area contributed by atoms with Gasteiger partial charge in [0, 0.05) is 19.5 Å².